The van der Waals surface area contributed by atoms with Crippen LogP contribution in [-0.2, 0) is 20.8 Å². The van der Waals surface area contributed by atoms with Crippen molar-refractivity contribution in [3.63, 3.8) is 0 Å². The van der Waals surface area contributed by atoms with Gasteiger partial charge in [0, 0.05) is 39.8 Å². The first-order valence-corrected chi connectivity index (χ1v) is 9.07. The summed E-state index contributed by atoms with van der Waals surface area (Å²) in [5, 5.41) is 10.2. The lowest BCUT2D eigenvalue weighted by Gasteiger charge is -2.26. The molecule has 0 heterocycles. The van der Waals surface area contributed by atoms with Crippen LogP contribution < -0.4 is 0 Å². The predicted molar refractivity (Wildman–Crippen MR) is 99.6 cm³/mol. The number of ether oxygens (including phenoxy) is 2. The Bertz CT molecular complexity index is 518. The molecule has 0 bridgehead atoms. The number of nitrogens with zero attached hydrogens (tertiary/aromatic N) is 1. The zero-order valence-electron chi connectivity index (χ0n) is 16.1. The minimum Gasteiger partial charge on any atom is -0.463 e. The first-order chi connectivity index (χ1) is 12.0. The van der Waals surface area contributed by atoms with Gasteiger partial charge in [0.05, 0.1) is 0 Å². The zero-order valence-corrected chi connectivity index (χ0v) is 16.1. The summed E-state index contributed by atoms with van der Waals surface area (Å²) in [4.78, 5) is 13.6. The van der Waals surface area contributed by atoms with Crippen molar-refractivity contribution in [1.82, 2.24) is 4.90 Å². The molecule has 1 N–H and O–H groups in total. The van der Waals surface area contributed by atoms with Crippen molar-refractivity contribution in [2.45, 2.75) is 52.7 Å². The molecule has 0 aliphatic carbocycles. The molecule has 0 aliphatic rings. The molecule has 1 atom stereocenters. The maximum absolute atomic E-state index is 11.5. The van der Waals surface area contributed by atoms with Gasteiger partial charge >= 0.3 is 5.97 Å². The lowest BCUT2D eigenvalue weighted by molar-refractivity contribution is -0.147. The van der Waals surface area contributed by atoms with Crippen molar-refractivity contribution in [1.29, 1.82) is 0 Å². The minimum absolute atomic E-state index is 0.0480. The van der Waals surface area contributed by atoms with E-state index in [0.29, 0.717) is 19.6 Å². The first-order valence-electron chi connectivity index (χ1n) is 9.07. The van der Waals surface area contributed by atoms with E-state index in [1.54, 1.807) is 7.11 Å². The average molecular weight is 351 g/mol. The van der Waals surface area contributed by atoms with Crippen LogP contribution in [0.1, 0.15) is 42.9 Å². The van der Waals surface area contributed by atoms with E-state index in [2.05, 4.69) is 36.9 Å². The smallest absolute Gasteiger partial charge is 0.305 e. The fourth-order valence-corrected chi connectivity index (χ4v) is 2.70. The van der Waals surface area contributed by atoms with E-state index in [-0.39, 0.29) is 12.6 Å². The molecular formula is C20H33NO4. The SMILES string of the molecule is CCCC(=O)OCC(O)CN(CCCOC)Cc1cc(C)ccc1C. The summed E-state index contributed by atoms with van der Waals surface area (Å²) in [5.74, 6) is -0.248. The summed E-state index contributed by atoms with van der Waals surface area (Å²) in [5.41, 5.74) is 3.73. The van der Waals surface area contributed by atoms with Crippen molar-refractivity contribution in [3.05, 3.63) is 34.9 Å². The van der Waals surface area contributed by atoms with Gasteiger partial charge < -0.3 is 14.6 Å². The normalized spacial score (nSPS) is 12.4. The molecule has 0 saturated heterocycles. The van der Waals surface area contributed by atoms with E-state index < -0.39 is 6.10 Å². The maximum atomic E-state index is 11.5. The summed E-state index contributed by atoms with van der Waals surface area (Å²) in [6.07, 6.45) is 1.36. The fraction of sp³-hybridized carbons (Fsp3) is 0.650. The third-order valence-corrected chi connectivity index (χ3v) is 4.08. The number of rotatable bonds is 12. The van der Waals surface area contributed by atoms with E-state index in [0.717, 1.165) is 25.9 Å². The number of esters is 1. The molecule has 5 nitrogen and oxygen atoms in total. The van der Waals surface area contributed by atoms with Crippen molar-refractivity contribution < 1.29 is 19.4 Å². The molecule has 0 fully saturated rings. The average Bonchev–Trinajstić information content (AvgIpc) is 2.56. The molecule has 5 heteroatoms. The number of benzene rings is 1. The monoisotopic (exact) mass is 351 g/mol. The number of carbonyl (C=O) groups excluding carboxylic acids is 1. The van der Waals surface area contributed by atoms with E-state index in [1.807, 2.05) is 6.92 Å². The molecule has 1 rings (SSSR count). The Hall–Kier alpha value is -1.43. The summed E-state index contributed by atoms with van der Waals surface area (Å²) >= 11 is 0. The van der Waals surface area contributed by atoms with Gasteiger partial charge in [0.1, 0.15) is 12.7 Å². The highest BCUT2D eigenvalue weighted by Gasteiger charge is 2.15. The molecule has 142 valence electrons. The number of hydrogen-bond donors (Lipinski definition) is 1. The highest BCUT2D eigenvalue weighted by atomic mass is 16.5. The van der Waals surface area contributed by atoms with Crippen LogP contribution >= 0.6 is 0 Å². The van der Waals surface area contributed by atoms with Crippen LogP contribution in [-0.4, -0.2) is 55.5 Å². The first kappa shape index (κ1) is 21.6. The Morgan fingerprint density at radius 3 is 2.76 bits per heavy atom. The number of aryl methyl sites for hydroxylation is 2. The van der Waals surface area contributed by atoms with Crippen LogP contribution in [0, 0.1) is 13.8 Å². The number of hydrogen-bond acceptors (Lipinski definition) is 5. The maximum Gasteiger partial charge on any atom is 0.305 e. The van der Waals surface area contributed by atoms with Crippen molar-refractivity contribution in [2.24, 2.45) is 0 Å². The standard InChI is InChI=1S/C20H33NO4/c1-5-7-20(23)25-15-19(22)14-21(10-6-11-24-4)13-18-12-16(2)8-9-17(18)3/h8-9,12,19,22H,5-7,10-11,13-15H2,1-4H3. The molecule has 0 amide bonds. The van der Waals surface area contributed by atoms with Gasteiger partial charge in [-0.1, -0.05) is 30.7 Å². The molecule has 0 radical (unpaired) electrons. The van der Waals surface area contributed by atoms with Gasteiger partial charge in [-0.15, -0.1) is 0 Å². The summed E-state index contributed by atoms with van der Waals surface area (Å²) < 4.78 is 10.3. The zero-order chi connectivity index (χ0) is 18.7. The lowest BCUT2D eigenvalue weighted by Crippen LogP contribution is -2.36. The number of aliphatic hydroxyl groups is 1. The van der Waals surface area contributed by atoms with E-state index in [4.69, 9.17) is 9.47 Å². The van der Waals surface area contributed by atoms with Gasteiger partial charge in [0.25, 0.3) is 0 Å². The molecule has 1 unspecified atom stereocenters. The van der Waals surface area contributed by atoms with Gasteiger partial charge in [-0.3, -0.25) is 9.69 Å². The highest BCUT2D eigenvalue weighted by Crippen LogP contribution is 2.14. The third kappa shape index (κ3) is 9.00. The second kappa shape index (κ2) is 12.0. The molecular weight excluding hydrogens is 318 g/mol. The van der Waals surface area contributed by atoms with Crippen LogP contribution in [0.5, 0.6) is 0 Å². The second-order valence-corrected chi connectivity index (χ2v) is 6.60. The second-order valence-electron chi connectivity index (χ2n) is 6.60. The summed E-state index contributed by atoms with van der Waals surface area (Å²) in [7, 11) is 1.69. The topological polar surface area (TPSA) is 59.0 Å². The number of aliphatic hydroxyl groups excluding tert-OH is 1. The Kier molecular flexibility index (Phi) is 10.4. The minimum atomic E-state index is -0.687. The fourth-order valence-electron chi connectivity index (χ4n) is 2.70. The largest absolute Gasteiger partial charge is 0.463 e. The lowest BCUT2D eigenvalue weighted by atomic mass is 10.0. The van der Waals surface area contributed by atoms with Crippen molar-refractivity contribution >= 4 is 5.97 Å². The van der Waals surface area contributed by atoms with E-state index in [9.17, 15) is 9.90 Å². The molecule has 0 aromatic heterocycles. The van der Waals surface area contributed by atoms with Gasteiger partial charge in [-0.2, -0.15) is 0 Å². The Morgan fingerprint density at radius 1 is 1.32 bits per heavy atom. The predicted octanol–water partition coefficient (Wildman–Crippen LogP) is 2.85. The van der Waals surface area contributed by atoms with Gasteiger partial charge in [-0.25, -0.2) is 0 Å². The van der Waals surface area contributed by atoms with Crippen molar-refractivity contribution in [3.8, 4) is 0 Å². The molecule has 0 spiro atoms. The van der Waals surface area contributed by atoms with E-state index in [1.165, 1.54) is 16.7 Å². The van der Waals surface area contributed by atoms with Crippen LogP contribution in [0.25, 0.3) is 0 Å². The summed E-state index contributed by atoms with van der Waals surface area (Å²) in [6.45, 7) is 8.90. The molecule has 1 aromatic rings. The van der Waals surface area contributed by atoms with E-state index >= 15 is 0 Å². The Morgan fingerprint density at radius 2 is 2.08 bits per heavy atom. The van der Waals surface area contributed by atoms with Gasteiger partial charge in [0.2, 0.25) is 0 Å². The van der Waals surface area contributed by atoms with Gasteiger partial charge in [-0.05, 0) is 37.8 Å². The highest BCUT2D eigenvalue weighted by molar-refractivity contribution is 5.69. The van der Waals surface area contributed by atoms with Crippen LogP contribution in [0.2, 0.25) is 0 Å². The number of carbonyl (C=O) groups is 1. The van der Waals surface area contributed by atoms with Crippen LogP contribution in [0.4, 0.5) is 0 Å². The molecule has 0 saturated carbocycles. The quantitative estimate of drug-likeness (QED) is 0.463. The van der Waals surface area contributed by atoms with Crippen LogP contribution in [0.3, 0.4) is 0 Å². The third-order valence-electron chi connectivity index (χ3n) is 4.08. The molecule has 1 aromatic carbocycles. The number of methoxy groups -OCH3 is 1. The van der Waals surface area contributed by atoms with Gasteiger partial charge in [0.15, 0.2) is 0 Å². The van der Waals surface area contributed by atoms with Crippen molar-refractivity contribution in [2.75, 3.05) is 33.4 Å². The molecule has 25 heavy (non-hydrogen) atoms. The molecule has 0 aliphatic heterocycles. The van der Waals surface area contributed by atoms with Crippen LogP contribution in [0.15, 0.2) is 18.2 Å². The Labute approximate surface area is 151 Å². The summed E-state index contributed by atoms with van der Waals surface area (Å²) in [6, 6.07) is 6.42. The Balaban J connectivity index is 2.62.